The van der Waals surface area contributed by atoms with Crippen molar-refractivity contribution in [2.45, 2.75) is 26.2 Å². The van der Waals surface area contributed by atoms with Gasteiger partial charge in [0.15, 0.2) is 18.1 Å². The first-order chi connectivity index (χ1) is 15.2. The van der Waals surface area contributed by atoms with Crippen molar-refractivity contribution in [3.63, 3.8) is 0 Å². The fraction of sp³-hybridized carbons (Fsp3) is 0.217. The fourth-order valence-electron chi connectivity index (χ4n) is 4.00. The van der Waals surface area contributed by atoms with Gasteiger partial charge in [-0.3, -0.25) is 14.4 Å². The summed E-state index contributed by atoms with van der Waals surface area (Å²) >= 11 is 0. The van der Waals surface area contributed by atoms with E-state index >= 15 is 0 Å². The van der Waals surface area contributed by atoms with Crippen LogP contribution in [-0.2, 0) is 9.59 Å². The molecule has 1 aliphatic rings. The maximum atomic E-state index is 12.5. The number of benzene rings is 2. The van der Waals surface area contributed by atoms with E-state index in [9.17, 15) is 24.3 Å². The highest BCUT2D eigenvalue weighted by Crippen LogP contribution is 2.49. The van der Waals surface area contributed by atoms with E-state index < -0.39 is 35.0 Å². The summed E-state index contributed by atoms with van der Waals surface area (Å²) in [6.07, 6.45) is -0.110. The number of phenols is 1. The highest BCUT2D eigenvalue weighted by molar-refractivity contribution is 6.09. The van der Waals surface area contributed by atoms with E-state index in [2.05, 4.69) is 0 Å². The van der Waals surface area contributed by atoms with Gasteiger partial charge in [0, 0.05) is 17.5 Å². The minimum atomic E-state index is -0.672. The highest BCUT2D eigenvalue weighted by atomic mass is 16.5. The molecular formula is C23H19NO8. The molecule has 3 N–H and O–H groups in total. The Kier molecular flexibility index (Phi) is 5.17. The van der Waals surface area contributed by atoms with Crippen LogP contribution in [0.2, 0.25) is 0 Å². The minimum absolute atomic E-state index is 0.0356. The van der Waals surface area contributed by atoms with E-state index in [1.54, 1.807) is 31.2 Å². The number of fused-ring (bicyclic) bond motifs is 3. The van der Waals surface area contributed by atoms with Crippen molar-refractivity contribution in [3.8, 4) is 17.2 Å². The monoisotopic (exact) mass is 437 g/mol. The van der Waals surface area contributed by atoms with Crippen LogP contribution in [0.15, 0.2) is 39.5 Å². The van der Waals surface area contributed by atoms with Crippen molar-refractivity contribution < 1.29 is 33.4 Å². The molecule has 1 aromatic heterocycles. The lowest BCUT2D eigenvalue weighted by molar-refractivity contribution is -0.135. The number of nitrogens with two attached hydrogens (primary N) is 1. The number of Topliss-reactive ketones (excluding diaryl/α,β-unsaturated/α-hetero) is 1. The summed E-state index contributed by atoms with van der Waals surface area (Å²) in [7, 11) is 0. The van der Waals surface area contributed by atoms with Gasteiger partial charge in [0.25, 0.3) is 5.91 Å². The molecule has 2 aromatic carbocycles. The topological polar surface area (TPSA) is 146 Å². The molecular weight excluding hydrogens is 418 g/mol. The third-order valence-corrected chi connectivity index (χ3v) is 5.28. The van der Waals surface area contributed by atoms with Gasteiger partial charge in [0.05, 0.1) is 11.8 Å². The van der Waals surface area contributed by atoms with Gasteiger partial charge < -0.3 is 24.7 Å². The minimum Gasteiger partial charge on any atom is -0.506 e. The number of ketones is 1. The van der Waals surface area contributed by atoms with Gasteiger partial charge in [-0.2, -0.15) is 0 Å². The number of esters is 1. The van der Waals surface area contributed by atoms with Crippen LogP contribution >= 0.6 is 0 Å². The molecule has 1 amide bonds. The lowest BCUT2D eigenvalue weighted by atomic mass is 9.82. The summed E-state index contributed by atoms with van der Waals surface area (Å²) in [4.78, 5) is 48.1. The Morgan fingerprint density at radius 2 is 2.00 bits per heavy atom. The zero-order valence-corrected chi connectivity index (χ0v) is 17.3. The van der Waals surface area contributed by atoms with Crippen LogP contribution in [0, 0.1) is 6.92 Å². The molecule has 0 unspecified atom stereocenters. The number of rotatable bonds is 5. The van der Waals surface area contributed by atoms with E-state index in [1.807, 2.05) is 0 Å². The molecule has 4 rings (SSSR count). The summed E-state index contributed by atoms with van der Waals surface area (Å²) in [5, 5.41) is 11.0. The average molecular weight is 437 g/mol. The standard InChI is InChI=1S/C23H19NO8/c1-10-6-16(27)31-22-18(10)21(29)19(11(2)25)23-20(22)14(8-17(28)32-23)12-4-3-5-13(7-12)30-9-15(24)26/h3-7,14,29H,8-9H2,1-2H3,(H2,24,26)/t14-/m0/s1. The number of primary amides is 1. The van der Waals surface area contributed by atoms with Crippen LogP contribution in [-0.4, -0.2) is 29.4 Å². The van der Waals surface area contributed by atoms with Crippen LogP contribution in [0.1, 0.15) is 46.3 Å². The lowest BCUT2D eigenvalue weighted by Gasteiger charge is -2.28. The van der Waals surface area contributed by atoms with E-state index in [0.717, 1.165) is 0 Å². The molecule has 2 heterocycles. The molecule has 1 aliphatic heterocycles. The molecule has 0 spiro atoms. The van der Waals surface area contributed by atoms with Crippen LogP contribution in [0.3, 0.4) is 0 Å². The normalized spacial score (nSPS) is 15.2. The number of ether oxygens (including phenoxy) is 2. The van der Waals surface area contributed by atoms with Crippen molar-refractivity contribution in [3.05, 3.63) is 63.0 Å². The SMILES string of the molecule is CC(=O)c1c2c(c3oc(=O)cc(C)c3c1O)[C@H](c1cccc(OCC(N)=O)c1)CC(=O)O2. The second-order valence-corrected chi connectivity index (χ2v) is 7.53. The fourth-order valence-corrected chi connectivity index (χ4v) is 4.00. The average Bonchev–Trinajstić information content (AvgIpc) is 2.71. The van der Waals surface area contributed by atoms with E-state index in [4.69, 9.17) is 19.6 Å². The molecule has 1 atom stereocenters. The molecule has 0 bridgehead atoms. The number of aromatic hydroxyl groups is 1. The first-order valence-corrected chi connectivity index (χ1v) is 9.73. The molecule has 3 aromatic rings. The molecule has 0 saturated heterocycles. The Morgan fingerprint density at radius 1 is 1.25 bits per heavy atom. The van der Waals surface area contributed by atoms with Crippen molar-refractivity contribution in [2.75, 3.05) is 6.61 Å². The van der Waals surface area contributed by atoms with E-state index in [0.29, 0.717) is 22.4 Å². The predicted octanol–water partition coefficient (Wildman–Crippen LogP) is 2.31. The number of amides is 1. The van der Waals surface area contributed by atoms with Gasteiger partial charge in [-0.25, -0.2) is 4.79 Å². The summed E-state index contributed by atoms with van der Waals surface area (Å²) < 4.78 is 16.2. The van der Waals surface area contributed by atoms with Gasteiger partial charge in [-0.05, 0) is 37.1 Å². The highest BCUT2D eigenvalue weighted by Gasteiger charge is 2.37. The van der Waals surface area contributed by atoms with Gasteiger partial charge >= 0.3 is 11.6 Å². The third kappa shape index (κ3) is 3.58. The van der Waals surface area contributed by atoms with Gasteiger partial charge in [-0.15, -0.1) is 0 Å². The molecule has 0 aliphatic carbocycles. The van der Waals surface area contributed by atoms with Crippen LogP contribution in [0.4, 0.5) is 0 Å². The molecule has 0 saturated carbocycles. The lowest BCUT2D eigenvalue weighted by Crippen LogP contribution is -2.24. The Hall–Kier alpha value is -4.14. The molecule has 9 nitrogen and oxygen atoms in total. The molecule has 0 radical (unpaired) electrons. The summed E-state index contributed by atoms with van der Waals surface area (Å²) in [5.41, 5.74) is 5.66. The van der Waals surface area contributed by atoms with Gasteiger partial charge in [0.2, 0.25) is 0 Å². The Labute approximate surface area is 181 Å². The number of hydrogen-bond donors (Lipinski definition) is 2. The Balaban J connectivity index is 2.02. The number of phenolic OH excluding ortho intramolecular Hbond substituents is 1. The van der Waals surface area contributed by atoms with Crippen LogP contribution < -0.4 is 20.8 Å². The Bertz CT molecular complexity index is 1350. The summed E-state index contributed by atoms with van der Waals surface area (Å²) in [6, 6.07) is 7.84. The Morgan fingerprint density at radius 3 is 2.69 bits per heavy atom. The van der Waals surface area contributed by atoms with Crippen LogP contribution in [0.5, 0.6) is 17.2 Å². The van der Waals surface area contributed by atoms with Gasteiger partial charge in [-0.1, -0.05) is 12.1 Å². The zero-order valence-electron chi connectivity index (χ0n) is 17.3. The third-order valence-electron chi connectivity index (χ3n) is 5.28. The zero-order chi connectivity index (χ0) is 23.2. The van der Waals surface area contributed by atoms with Gasteiger partial charge in [0.1, 0.15) is 22.6 Å². The largest absolute Gasteiger partial charge is 0.506 e. The number of carbonyl (C=O) groups excluding carboxylic acids is 3. The second-order valence-electron chi connectivity index (χ2n) is 7.53. The van der Waals surface area contributed by atoms with E-state index in [-0.39, 0.29) is 35.3 Å². The van der Waals surface area contributed by atoms with Crippen molar-refractivity contribution >= 4 is 28.6 Å². The van der Waals surface area contributed by atoms with E-state index in [1.165, 1.54) is 13.0 Å². The maximum Gasteiger partial charge on any atom is 0.336 e. The molecule has 164 valence electrons. The molecule has 0 fully saturated rings. The smallest absolute Gasteiger partial charge is 0.336 e. The molecule has 32 heavy (non-hydrogen) atoms. The summed E-state index contributed by atoms with van der Waals surface area (Å²) in [5.74, 6) is -2.67. The summed E-state index contributed by atoms with van der Waals surface area (Å²) in [6.45, 7) is 2.52. The second kappa shape index (κ2) is 7.84. The quantitative estimate of drug-likeness (QED) is 0.268. The molecule has 9 heteroatoms. The predicted molar refractivity (Wildman–Crippen MR) is 112 cm³/mol. The first-order valence-electron chi connectivity index (χ1n) is 9.73. The van der Waals surface area contributed by atoms with Crippen molar-refractivity contribution in [1.29, 1.82) is 0 Å². The number of hydrogen-bond acceptors (Lipinski definition) is 8. The maximum absolute atomic E-state index is 12.5. The van der Waals surface area contributed by atoms with Crippen molar-refractivity contribution in [1.82, 2.24) is 0 Å². The first kappa shape index (κ1) is 21.1. The van der Waals surface area contributed by atoms with Crippen LogP contribution in [0.25, 0.3) is 11.0 Å². The van der Waals surface area contributed by atoms with Crippen molar-refractivity contribution in [2.24, 2.45) is 5.73 Å². The number of carbonyl (C=O) groups is 3. The number of aryl methyl sites for hydroxylation is 1.